The van der Waals surface area contributed by atoms with Crippen LogP contribution in [0.1, 0.15) is 0 Å². The van der Waals surface area contributed by atoms with Crippen LogP contribution in [0, 0.1) is 143 Å². The first-order valence-electron chi connectivity index (χ1n) is 8.94. The Hall–Kier alpha value is 0.586. The maximum absolute atomic E-state index is 8.65. The first-order chi connectivity index (χ1) is 13.8. The van der Waals surface area contributed by atoms with Gasteiger partial charge in [-0.1, -0.05) is 0 Å². The Morgan fingerprint density at radius 2 is 0.375 bits per heavy atom. The zero-order valence-corrected chi connectivity index (χ0v) is 23.7. The summed E-state index contributed by atoms with van der Waals surface area (Å²) in [5, 5.41) is 17.3. The van der Waals surface area contributed by atoms with Gasteiger partial charge in [-0.2, -0.15) is 0 Å². The van der Waals surface area contributed by atoms with E-state index in [4.69, 9.17) is 10.2 Å². The second-order valence-corrected chi connectivity index (χ2v) is 5.37. The van der Waals surface area contributed by atoms with Gasteiger partial charge in [-0.3, -0.25) is 0 Å². The molecule has 160 valence electrons. The average Bonchev–Trinajstić information content (AvgIpc) is 3.57. The molecule has 2 N–H and O–H groups in total. The van der Waals surface area contributed by atoms with Crippen LogP contribution in [0.3, 0.4) is 0 Å². The van der Waals surface area contributed by atoms with Crippen LogP contribution >= 0.6 is 0 Å². The minimum atomic E-state index is 0. The fourth-order valence-corrected chi connectivity index (χ4v) is 1.74. The predicted octanol–water partition coefficient (Wildman–Crippen LogP) is 6.08. The monoisotopic (exact) mass is 580 g/mol. The Bertz CT molecular complexity index is 330. The van der Waals surface area contributed by atoms with Crippen molar-refractivity contribution in [3.05, 3.63) is 168 Å². The summed E-state index contributed by atoms with van der Waals surface area (Å²) in [6.07, 6.45) is 40.0. The zero-order valence-electron chi connectivity index (χ0n) is 18.8. The van der Waals surface area contributed by atoms with Crippen molar-refractivity contribution in [2.24, 2.45) is 0 Å². The molecule has 2 nitrogen and oxygen atoms in total. The van der Waals surface area contributed by atoms with Crippen LogP contribution in [0.4, 0.5) is 0 Å². The van der Waals surface area contributed by atoms with Crippen LogP contribution in [0.2, 0.25) is 0 Å². The average molecular weight is 583 g/mol. The van der Waals surface area contributed by atoms with Gasteiger partial charge in [-0.15, -0.1) is 0 Å². The molecule has 32 heavy (non-hydrogen) atoms. The molecule has 4 saturated carbocycles. The molecule has 4 heteroatoms. The number of phenols is 2. The van der Waals surface area contributed by atoms with Crippen molar-refractivity contribution in [2.45, 2.75) is 0 Å². The van der Waals surface area contributed by atoms with Crippen LogP contribution < -0.4 is 0 Å². The summed E-state index contributed by atoms with van der Waals surface area (Å²) in [5.41, 5.74) is 0. The maximum Gasteiger partial charge on any atom is 3.00 e. The summed E-state index contributed by atoms with van der Waals surface area (Å²) < 4.78 is 0. The number of hydrogen-bond donors (Lipinski definition) is 2. The topological polar surface area (TPSA) is 40.5 Å². The Balaban J connectivity index is -0.000000150. The van der Waals surface area contributed by atoms with E-state index in [2.05, 4.69) is 0 Å². The largest absolute Gasteiger partial charge is 3.00 e. The molecular formula is C28H32O2Zr2+4. The minimum absolute atomic E-state index is 0. The fourth-order valence-electron chi connectivity index (χ4n) is 1.74. The quantitative estimate of drug-likeness (QED) is 0.288. The molecule has 1 aromatic carbocycles. The molecule has 1 aromatic rings. The molecule has 0 spiro atoms. The summed E-state index contributed by atoms with van der Waals surface area (Å²) in [4.78, 5) is 0. The standard InChI is InChI=1S/C6H6O2.4C5H5.2CH3.2Zr/c7-5-1-2-6(8)4-3-5;4*1-2-4-5-3-1;;;;/h1-4,7-8H;4*1-5H;2*1H3;;/q;;;;;2*-1;2*+3. The van der Waals surface area contributed by atoms with Crippen molar-refractivity contribution in [3.63, 3.8) is 0 Å². The number of hydrogen-bond acceptors (Lipinski definition) is 2. The maximum atomic E-state index is 8.65. The van der Waals surface area contributed by atoms with Crippen molar-refractivity contribution in [1.29, 1.82) is 0 Å². The smallest absolute Gasteiger partial charge is 0.508 e. The SMILES string of the molecule is Oc1ccc(O)cc1.[CH3-].[CH3-].[CH]1[CH][CH][CH][CH]1.[CH]1[CH][CH][CH][CH]1.[CH]1[CH][CH][CH][CH]1.[CH]1[CH][CH][CH][CH]1.[Zr+3].[Zr+3]. The number of rotatable bonds is 0. The molecule has 0 aliphatic heterocycles. The Morgan fingerprint density at radius 1 is 0.281 bits per heavy atom. The fraction of sp³-hybridized carbons (Fsp3) is 0. The Kier molecular flexibility index (Phi) is 39.3. The zero-order chi connectivity index (χ0) is 20.1. The van der Waals surface area contributed by atoms with E-state index in [0.717, 1.165) is 0 Å². The third-order valence-corrected chi connectivity index (χ3v) is 3.07. The Labute approximate surface area is 240 Å². The van der Waals surface area contributed by atoms with Gasteiger partial charge in [0.25, 0.3) is 0 Å². The molecule has 0 atom stereocenters. The summed E-state index contributed by atoms with van der Waals surface area (Å²) in [6, 6.07) is 5.70. The van der Waals surface area contributed by atoms with Crippen LogP contribution in [-0.4, -0.2) is 10.2 Å². The van der Waals surface area contributed by atoms with Gasteiger partial charge >= 0.3 is 52.4 Å². The van der Waals surface area contributed by atoms with Crippen molar-refractivity contribution < 1.29 is 62.6 Å². The second-order valence-electron chi connectivity index (χ2n) is 5.37. The van der Waals surface area contributed by atoms with Gasteiger partial charge in [0.1, 0.15) is 11.5 Å². The van der Waals surface area contributed by atoms with E-state index < -0.39 is 0 Å². The molecule has 22 radical (unpaired) electrons. The third kappa shape index (κ3) is 28.6. The van der Waals surface area contributed by atoms with E-state index in [1.165, 1.54) is 24.3 Å². The van der Waals surface area contributed by atoms with E-state index in [-0.39, 0.29) is 78.8 Å². The molecule has 0 heterocycles. The molecule has 0 unspecified atom stereocenters. The van der Waals surface area contributed by atoms with E-state index in [1.807, 2.05) is 128 Å². The van der Waals surface area contributed by atoms with Gasteiger partial charge in [-0.05, 0) is 153 Å². The van der Waals surface area contributed by atoms with Crippen molar-refractivity contribution in [3.8, 4) is 11.5 Å². The van der Waals surface area contributed by atoms with Gasteiger partial charge in [0, 0.05) is 0 Å². The number of aromatic hydroxyl groups is 2. The van der Waals surface area contributed by atoms with Crippen LogP contribution in [0.15, 0.2) is 24.3 Å². The van der Waals surface area contributed by atoms with E-state index in [9.17, 15) is 0 Å². The van der Waals surface area contributed by atoms with Crippen molar-refractivity contribution in [2.75, 3.05) is 0 Å². The van der Waals surface area contributed by atoms with Crippen LogP contribution in [-0.2, 0) is 52.4 Å². The molecule has 0 bridgehead atoms. The molecule has 4 aliphatic carbocycles. The molecule has 4 aliphatic rings. The van der Waals surface area contributed by atoms with Gasteiger partial charge < -0.3 is 25.1 Å². The second kappa shape index (κ2) is 31.6. The summed E-state index contributed by atoms with van der Waals surface area (Å²) >= 11 is 0. The van der Waals surface area contributed by atoms with E-state index in [0.29, 0.717) is 0 Å². The van der Waals surface area contributed by atoms with E-state index >= 15 is 0 Å². The molecule has 5 rings (SSSR count). The van der Waals surface area contributed by atoms with Crippen molar-refractivity contribution >= 4 is 0 Å². The molecule has 0 saturated heterocycles. The van der Waals surface area contributed by atoms with Gasteiger partial charge in [0.05, 0.1) is 0 Å². The summed E-state index contributed by atoms with van der Waals surface area (Å²) in [5.74, 6) is 0.339. The van der Waals surface area contributed by atoms with Crippen molar-refractivity contribution in [1.82, 2.24) is 0 Å². The van der Waals surface area contributed by atoms with Gasteiger partial charge in [0.2, 0.25) is 0 Å². The first-order valence-corrected chi connectivity index (χ1v) is 8.94. The Morgan fingerprint density at radius 3 is 0.469 bits per heavy atom. The van der Waals surface area contributed by atoms with Crippen LogP contribution in [0.25, 0.3) is 0 Å². The van der Waals surface area contributed by atoms with Gasteiger partial charge in [-0.25, -0.2) is 0 Å². The molecular weight excluding hydrogens is 551 g/mol. The summed E-state index contributed by atoms with van der Waals surface area (Å²) in [7, 11) is 0. The first kappa shape index (κ1) is 39.8. The predicted molar refractivity (Wildman–Crippen MR) is 129 cm³/mol. The summed E-state index contributed by atoms with van der Waals surface area (Å²) in [6.45, 7) is 0. The third-order valence-electron chi connectivity index (χ3n) is 3.07. The normalized spacial score (nSPS) is 17.2. The molecule has 0 aromatic heterocycles. The van der Waals surface area contributed by atoms with Gasteiger partial charge in [0.15, 0.2) is 0 Å². The van der Waals surface area contributed by atoms with E-state index in [1.54, 1.807) is 0 Å². The molecule has 4 fully saturated rings. The minimum Gasteiger partial charge on any atom is -0.508 e. The molecule has 0 amide bonds. The van der Waals surface area contributed by atoms with Crippen LogP contribution in [0.5, 0.6) is 11.5 Å². The number of phenolic OH excluding ortho intramolecular Hbond substituents is 2. The number of benzene rings is 1.